The average Bonchev–Trinajstić information content (AvgIpc) is 2.71. The Kier molecular flexibility index (Phi) is 12.5. The summed E-state index contributed by atoms with van der Waals surface area (Å²) >= 11 is 0. The molecule has 1 fully saturated rings. The van der Waals surface area contributed by atoms with Gasteiger partial charge >= 0.3 is 0 Å². The van der Waals surface area contributed by atoms with E-state index in [1.54, 1.807) is 7.11 Å². The topological polar surface area (TPSA) is 52.1 Å². The van der Waals surface area contributed by atoms with Crippen LogP contribution in [0, 0.1) is 5.92 Å². The van der Waals surface area contributed by atoms with Gasteiger partial charge in [0.15, 0.2) is 5.96 Å². The lowest BCUT2D eigenvalue weighted by Crippen LogP contribution is -2.48. The average molecular weight is 503 g/mol. The summed E-state index contributed by atoms with van der Waals surface area (Å²) in [6, 6.07) is 8.16. The van der Waals surface area contributed by atoms with Gasteiger partial charge in [0.2, 0.25) is 0 Å². The second-order valence-corrected chi connectivity index (χ2v) is 7.28. The molecule has 1 heterocycles. The second kappa shape index (κ2) is 14.0. The third-order valence-electron chi connectivity index (χ3n) is 5.20. The second-order valence-electron chi connectivity index (χ2n) is 7.28. The number of guanidine groups is 1. The number of para-hydroxylation sites is 1. The van der Waals surface area contributed by atoms with E-state index in [1.165, 1.54) is 38.3 Å². The van der Waals surface area contributed by atoms with E-state index in [2.05, 4.69) is 45.3 Å². The molecule has 6 nitrogen and oxygen atoms in total. The summed E-state index contributed by atoms with van der Waals surface area (Å²) < 4.78 is 5.41. The number of piperazine rings is 1. The van der Waals surface area contributed by atoms with Crippen LogP contribution in [0.1, 0.15) is 19.4 Å². The number of likely N-dealkylation sites (N-methyl/N-ethyl adjacent to an activating group) is 1. The molecule has 0 saturated carbocycles. The number of hydrogen-bond donors (Lipinski definition) is 2. The molecular formula is C21H38IN5O. The van der Waals surface area contributed by atoms with Crippen LogP contribution in [0.25, 0.3) is 0 Å². The maximum Gasteiger partial charge on any atom is 0.190 e. The van der Waals surface area contributed by atoms with Crippen LogP contribution in [0.15, 0.2) is 29.3 Å². The lowest BCUT2D eigenvalue weighted by atomic mass is 10.1. The minimum Gasteiger partial charge on any atom is -0.496 e. The zero-order valence-corrected chi connectivity index (χ0v) is 20.2. The van der Waals surface area contributed by atoms with Crippen LogP contribution in [0.2, 0.25) is 0 Å². The predicted molar refractivity (Wildman–Crippen MR) is 129 cm³/mol. The lowest BCUT2D eigenvalue weighted by Gasteiger charge is -2.35. The summed E-state index contributed by atoms with van der Waals surface area (Å²) in [5.41, 5.74) is 1.21. The van der Waals surface area contributed by atoms with Crippen molar-refractivity contribution in [2.75, 3.05) is 66.5 Å². The fraction of sp³-hybridized carbons (Fsp3) is 0.667. The number of nitrogens with one attached hydrogen (secondary N) is 2. The van der Waals surface area contributed by atoms with Gasteiger partial charge in [-0.1, -0.05) is 32.0 Å². The normalized spacial score (nSPS) is 16.9. The SMILES string of the molecule is CCN1CCN(CC(C)CNC(=NC)NCCc2ccccc2OC)CC1.I. The Labute approximate surface area is 188 Å². The van der Waals surface area contributed by atoms with Crippen LogP contribution in [-0.2, 0) is 6.42 Å². The van der Waals surface area contributed by atoms with Gasteiger partial charge in [-0.25, -0.2) is 0 Å². The van der Waals surface area contributed by atoms with Crippen molar-refractivity contribution in [2.45, 2.75) is 20.3 Å². The van der Waals surface area contributed by atoms with Gasteiger partial charge < -0.3 is 25.2 Å². The first kappa shape index (κ1) is 25.0. The maximum absolute atomic E-state index is 5.41. The van der Waals surface area contributed by atoms with Gasteiger partial charge in [-0.05, 0) is 30.5 Å². The van der Waals surface area contributed by atoms with Crippen molar-refractivity contribution in [1.82, 2.24) is 20.4 Å². The molecule has 1 atom stereocenters. The maximum atomic E-state index is 5.41. The highest BCUT2D eigenvalue weighted by molar-refractivity contribution is 14.0. The Morgan fingerprint density at radius 1 is 1.14 bits per heavy atom. The smallest absolute Gasteiger partial charge is 0.190 e. The fourth-order valence-electron chi connectivity index (χ4n) is 3.51. The number of benzene rings is 1. The Morgan fingerprint density at radius 3 is 2.46 bits per heavy atom. The van der Waals surface area contributed by atoms with Gasteiger partial charge in [0, 0.05) is 52.9 Å². The van der Waals surface area contributed by atoms with E-state index in [1.807, 2.05) is 25.2 Å². The minimum absolute atomic E-state index is 0. The molecular weight excluding hydrogens is 465 g/mol. The van der Waals surface area contributed by atoms with E-state index >= 15 is 0 Å². The van der Waals surface area contributed by atoms with Gasteiger partial charge in [-0.15, -0.1) is 24.0 Å². The number of methoxy groups -OCH3 is 1. The van der Waals surface area contributed by atoms with Crippen LogP contribution in [0.4, 0.5) is 0 Å². The van der Waals surface area contributed by atoms with Crippen LogP contribution >= 0.6 is 24.0 Å². The summed E-state index contributed by atoms with van der Waals surface area (Å²) in [5, 5.41) is 6.87. The first-order valence-electron chi connectivity index (χ1n) is 10.2. The number of hydrogen-bond acceptors (Lipinski definition) is 4. The summed E-state index contributed by atoms with van der Waals surface area (Å²) in [6.07, 6.45) is 0.905. The van der Waals surface area contributed by atoms with Crippen molar-refractivity contribution in [3.8, 4) is 5.75 Å². The number of aliphatic imine (C=N–C) groups is 1. The largest absolute Gasteiger partial charge is 0.496 e. The van der Waals surface area contributed by atoms with Gasteiger partial charge in [-0.2, -0.15) is 0 Å². The highest BCUT2D eigenvalue weighted by atomic mass is 127. The summed E-state index contributed by atoms with van der Waals surface area (Å²) in [6.45, 7) is 13.4. The molecule has 0 bridgehead atoms. The summed E-state index contributed by atoms with van der Waals surface area (Å²) in [7, 11) is 3.54. The molecule has 0 spiro atoms. The molecule has 1 aromatic rings. The minimum atomic E-state index is 0. The Balaban J connectivity index is 0.00000392. The number of ether oxygens (including phenoxy) is 1. The van der Waals surface area contributed by atoms with Crippen molar-refractivity contribution in [2.24, 2.45) is 10.9 Å². The summed E-state index contributed by atoms with van der Waals surface area (Å²) in [4.78, 5) is 9.44. The first-order valence-corrected chi connectivity index (χ1v) is 10.2. The van der Waals surface area contributed by atoms with Crippen molar-refractivity contribution in [3.63, 3.8) is 0 Å². The molecule has 2 N–H and O–H groups in total. The predicted octanol–water partition coefficient (Wildman–Crippen LogP) is 2.29. The van der Waals surface area contributed by atoms with Crippen LogP contribution < -0.4 is 15.4 Å². The van der Waals surface area contributed by atoms with Gasteiger partial charge in [-0.3, -0.25) is 4.99 Å². The Morgan fingerprint density at radius 2 is 1.82 bits per heavy atom. The molecule has 1 saturated heterocycles. The van der Waals surface area contributed by atoms with Crippen LogP contribution in [0.3, 0.4) is 0 Å². The van der Waals surface area contributed by atoms with Crippen molar-refractivity contribution >= 4 is 29.9 Å². The van der Waals surface area contributed by atoms with Crippen molar-refractivity contribution < 1.29 is 4.74 Å². The zero-order chi connectivity index (χ0) is 19.5. The van der Waals surface area contributed by atoms with Crippen LogP contribution in [0.5, 0.6) is 5.75 Å². The standard InChI is InChI=1S/C21H37N5O.HI/c1-5-25-12-14-26(15-13-25)17-18(2)16-24-21(22-3)23-11-10-19-8-6-7-9-20(19)27-4;/h6-9,18H,5,10-17H2,1-4H3,(H2,22,23,24);1H. The molecule has 1 aromatic carbocycles. The monoisotopic (exact) mass is 503 g/mol. The molecule has 0 radical (unpaired) electrons. The highest BCUT2D eigenvalue weighted by Gasteiger charge is 2.17. The first-order chi connectivity index (χ1) is 13.2. The van der Waals surface area contributed by atoms with E-state index < -0.39 is 0 Å². The third-order valence-corrected chi connectivity index (χ3v) is 5.20. The van der Waals surface area contributed by atoms with E-state index in [4.69, 9.17) is 4.74 Å². The molecule has 1 aliphatic heterocycles. The van der Waals surface area contributed by atoms with Crippen molar-refractivity contribution in [1.29, 1.82) is 0 Å². The molecule has 1 aliphatic rings. The van der Waals surface area contributed by atoms with Gasteiger partial charge in [0.25, 0.3) is 0 Å². The Hall–Kier alpha value is -1.06. The van der Waals surface area contributed by atoms with E-state index in [9.17, 15) is 0 Å². The molecule has 7 heteroatoms. The lowest BCUT2D eigenvalue weighted by molar-refractivity contribution is 0.124. The molecule has 160 valence electrons. The van der Waals surface area contributed by atoms with Crippen LogP contribution in [-0.4, -0.2) is 82.3 Å². The highest BCUT2D eigenvalue weighted by Crippen LogP contribution is 2.17. The number of nitrogens with zero attached hydrogens (tertiary/aromatic N) is 3. The molecule has 0 aliphatic carbocycles. The number of halogens is 1. The van der Waals surface area contributed by atoms with Gasteiger partial charge in [0.05, 0.1) is 7.11 Å². The van der Waals surface area contributed by atoms with E-state index in [0.29, 0.717) is 5.92 Å². The van der Waals surface area contributed by atoms with E-state index in [0.717, 1.165) is 37.8 Å². The molecule has 0 amide bonds. The summed E-state index contributed by atoms with van der Waals surface area (Å²) in [5.74, 6) is 2.40. The van der Waals surface area contributed by atoms with Crippen molar-refractivity contribution in [3.05, 3.63) is 29.8 Å². The molecule has 28 heavy (non-hydrogen) atoms. The molecule has 1 unspecified atom stereocenters. The quantitative estimate of drug-likeness (QED) is 0.308. The third kappa shape index (κ3) is 8.53. The Bertz CT molecular complexity index is 576. The number of rotatable bonds is 9. The molecule has 0 aromatic heterocycles. The zero-order valence-electron chi connectivity index (χ0n) is 17.9. The fourth-order valence-corrected chi connectivity index (χ4v) is 3.51. The molecule has 2 rings (SSSR count). The van der Waals surface area contributed by atoms with Gasteiger partial charge in [0.1, 0.15) is 5.75 Å². The van der Waals surface area contributed by atoms with E-state index in [-0.39, 0.29) is 24.0 Å².